The summed E-state index contributed by atoms with van der Waals surface area (Å²) in [4.78, 5) is 23.2. The number of halogens is 2. The van der Waals surface area contributed by atoms with Gasteiger partial charge in [-0.25, -0.2) is 0 Å². The first kappa shape index (κ1) is 14.6. The van der Waals surface area contributed by atoms with Gasteiger partial charge in [-0.15, -0.1) is 0 Å². The average molecular weight is 311 g/mol. The zero-order valence-electron chi connectivity index (χ0n) is 10.7. The molecule has 1 amide bonds. The normalized spacial score (nSPS) is 10.3. The Morgan fingerprint density at radius 2 is 2.00 bits per heavy atom. The second-order valence-corrected chi connectivity index (χ2v) is 5.14. The Hall–Kier alpha value is -1.78. The van der Waals surface area contributed by atoms with Crippen molar-refractivity contribution in [1.82, 2.24) is 9.88 Å². The standard InChI is InChI=1S/C14H12Cl2N2O2/c1-18-8-9(2-5-13(18)19)7-17-14(20)11-4-3-10(15)6-12(11)16/h2-6,8H,7H2,1H3,(H,17,20). The summed E-state index contributed by atoms with van der Waals surface area (Å²) in [5.41, 5.74) is 1.09. The van der Waals surface area contributed by atoms with E-state index in [0.717, 1.165) is 5.56 Å². The number of pyridine rings is 1. The van der Waals surface area contributed by atoms with Gasteiger partial charge in [-0.1, -0.05) is 29.3 Å². The summed E-state index contributed by atoms with van der Waals surface area (Å²) in [5, 5.41) is 3.52. The van der Waals surface area contributed by atoms with E-state index in [4.69, 9.17) is 23.2 Å². The van der Waals surface area contributed by atoms with Crippen LogP contribution >= 0.6 is 23.2 Å². The van der Waals surface area contributed by atoms with Crippen LogP contribution in [0.15, 0.2) is 41.3 Å². The van der Waals surface area contributed by atoms with Crippen molar-refractivity contribution in [3.63, 3.8) is 0 Å². The van der Waals surface area contributed by atoms with Gasteiger partial charge in [0.15, 0.2) is 0 Å². The Bertz CT molecular complexity index is 711. The molecule has 0 aliphatic carbocycles. The number of amides is 1. The maximum Gasteiger partial charge on any atom is 0.253 e. The zero-order chi connectivity index (χ0) is 14.7. The molecule has 1 aromatic carbocycles. The third kappa shape index (κ3) is 3.40. The molecule has 20 heavy (non-hydrogen) atoms. The Morgan fingerprint density at radius 1 is 1.25 bits per heavy atom. The molecular formula is C14H12Cl2N2O2. The number of nitrogens with one attached hydrogen (secondary N) is 1. The molecule has 0 bridgehead atoms. The highest BCUT2D eigenvalue weighted by Crippen LogP contribution is 2.20. The molecule has 0 spiro atoms. The van der Waals surface area contributed by atoms with E-state index in [9.17, 15) is 9.59 Å². The summed E-state index contributed by atoms with van der Waals surface area (Å²) >= 11 is 11.7. The third-order valence-corrected chi connectivity index (χ3v) is 3.32. The number of hydrogen-bond acceptors (Lipinski definition) is 2. The fourth-order valence-electron chi connectivity index (χ4n) is 1.71. The highest BCUT2D eigenvalue weighted by Gasteiger charge is 2.10. The fraction of sp³-hybridized carbons (Fsp3) is 0.143. The lowest BCUT2D eigenvalue weighted by molar-refractivity contribution is 0.0951. The van der Waals surface area contributed by atoms with Gasteiger partial charge in [0, 0.05) is 30.9 Å². The van der Waals surface area contributed by atoms with Crippen molar-refractivity contribution in [2.75, 3.05) is 0 Å². The van der Waals surface area contributed by atoms with Crippen molar-refractivity contribution in [2.24, 2.45) is 7.05 Å². The molecule has 1 N–H and O–H groups in total. The first-order valence-electron chi connectivity index (χ1n) is 5.86. The quantitative estimate of drug-likeness (QED) is 0.947. The Morgan fingerprint density at radius 3 is 2.65 bits per heavy atom. The number of aromatic nitrogens is 1. The molecule has 0 unspecified atom stereocenters. The van der Waals surface area contributed by atoms with Crippen LogP contribution in [0.4, 0.5) is 0 Å². The van der Waals surface area contributed by atoms with Crippen LogP contribution in [-0.2, 0) is 13.6 Å². The number of benzene rings is 1. The molecule has 0 radical (unpaired) electrons. The maximum absolute atomic E-state index is 12.0. The van der Waals surface area contributed by atoms with Crippen LogP contribution in [0.5, 0.6) is 0 Å². The summed E-state index contributed by atoms with van der Waals surface area (Å²) in [6.07, 6.45) is 1.67. The van der Waals surface area contributed by atoms with Crippen molar-refractivity contribution in [3.05, 3.63) is 68.1 Å². The molecule has 2 aromatic rings. The van der Waals surface area contributed by atoms with E-state index < -0.39 is 0 Å². The lowest BCUT2D eigenvalue weighted by Crippen LogP contribution is -2.24. The highest BCUT2D eigenvalue weighted by molar-refractivity contribution is 6.36. The molecule has 0 saturated heterocycles. The van der Waals surface area contributed by atoms with Crippen LogP contribution in [0, 0.1) is 0 Å². The van der Waals surface area contributed by atoms with Gasteiger partial charge in [-0.2, -0.15) is 0 Å². The molecule has 0 fully saturated rings. The number of nitrogens with zero attached hydrogens (tertiary/aromatic N) is 1. The van der Waals surface area contributed by atoms with Crippen molar-refractivity contribution < 1.29 is 4.79 Å². The molecule has 1 heterocycles. The molecule has 0 aliphatic heterocycles. The van der Waals surface area contributed by atoms with Crippen LogP contribution in [-0.4, -0.2) is 10.5 Å². The van der Waals surface area contributed by atoms with Crippen LogP contribution in [0.3, 0.4) is 0 Å². The van der Waals surface area contributed by atoms with Crippen LogP contribution in [0.2, 0.25) is 10.0 Å². The minimum atomic E-state index is -0.291. The molecule has 0 aliphatic rings. The predicted molar refractivity (Wildman–Crippen MR) is 79.3 cm³/mol. The first-order chi connectivity index (χ1) is 9.47. The van der Waals surface area contributed by atoms with Gasteiger partial charge in [0.05, 0.1) is 10.6 Å². The predicted octanol–water partition coefficient (Wildman–Crippen LogP) is 2.62. The Kier molecular flexibility index (Phi) is 4.47. The summed E-state index contributed by atoms with van der Waals surface area (Å²) in [5.74, 6) is -0.291. The fourth-order valence-corrected chi connectivity index (χ4v) is 2.20. The van der Waals surface area contributed by atoms with E-state index >= 15 is 0 Å². The minimum absolute atomic E-state index is 0.0965. The van der Waals surface area contributed by atoms with E-state index in [1.807, 2.05) is 0 Å². The number of aryl methyl sites for hydroxylation is 1. The van der Waals surface area contributed by atoms with E-state index in [1.54, 1.807) is 31.4 Å². The van der Waals surface area contributed by atoms with E-state index in [-0.39, 0.29) is 11.5 Å². The molecule has 4 nitrogen and oxygen atoms in total. The summed E-state index contributed by atoms with van der Waals surface area (Å²) in [6.45, 7) is 0.311. The molecule has 104 valence electrons. The summed E-state index contributed by atoms with van der Waals surface area (Å²) in [6, 6.07) is 7.82. The van der Waals surface area contributed by atoms with E-state index in [0.29, 0.717) is 22.2 Å². The molecule has 0 saturated carbocycles. The van der Waals surface area contributed by atoms with Crippen molar-refractivity contribution in [2.45, 2.75) is 6.54 Å². The SMILES string of the molecule is Cn1cc(CNC(=O)c2ccc(Cl)cc2Cl)ccc1=O. The van der Waals surface area contributed by atoms with Crippen LogP contribution < -0.4 is 10.9 Å². The molecule has 2 rings (SSSR count). The van der Waals surface area contributed by atoms with Gasteiger partial charge in [0.2, 0.25) is 5.56 Å². The van der Waals surface area contributed by atoms with Gasteiger partial charge in [-0.3, -0.25) is 9.59 Å². The second kappa shape index (κ2) is 6.11. The average Bonchev–Trinajstić information content (AvgIpc) is 2.40. The number of rotatable bonds is 3. The topological polar surface area (TPSA) is 51.1 Å². The summed E-state index contributed by atoms with van der Waals surface area (Å²) in [7, 11) is 1.66. The van der Waals surface area contributed by atoms with Gasteiger partial charge >= 0.3 is 0 Å². The second-order valence-electron chi connectivity index (χ2n) is 4.29. The van der Waals surface area contributed by atoms with Gasteiger partial charge in [-0.05, 0) is 23.8 Å². The largest absolute Gasteiger partial charge is 0.348 e. The number of carbonyl (C=O) groups is 1. The zero-order valence-corrected chi connectivity index (χ0v) is 12.2. The van der Waals surface area contributed by atoms with E-state index in [2.05, 4.69) is 5.32 Å². The lowest BCUT2D eigenvalue weighted by atomic mass is 10.2. The molecular weight excluding hydrogens is 299 g/mol. The first-order valence-corrected chi connectivity index (χ1v) is 6.62. The van der Waals surface area contributed by atoms with Crippen LogP contribution in [0.1, 0.15) is 15.9 Å². The van der Waals surface area contributed by atoms with E-state index in [1.165, 1.54) is 16.7 Å². The van der Waals surface area contributed by atoms with Crippen molar-refractivity contribution in [1.29, 1.82) is 0 Å². The molecule has 6 heteroatoms. The minimum Gasteiger partial charge on any atom is -0.348 e. The van der Waals surface area contributed by atoms with Gasteiger partial charge in [0.1, 0.15) is 0 Å². The van der Waals surface area contributed by atoms with Crippen LogP contribution in [0.25, 0.3) is 0 Å². The van der Waals surface area contributed by atoms with Crippen molar-refractivity contribution >= 4 is 29.1 Å². The van der Waals surface area contributed by atoms with Gasteiger partial charge in [0.25, 0.3) is 5.91 Å². The highest BCUT2D eigenvalue weighted by atomic mass is 35.5. The Balaban J connectivity index is 2.08. The molecule has 1 aromatic heterocycles. The Labute approximate surface area is 125 Å². The lowest BCUT2D eigenvalue weighted by Gasteiger charge is -2.08. The molecule has 0 atom stereocenters. The smallest absolute Gasteiger partial charge is 0.253 e. The van der Waals surface area contributed by atoms with Crippen molar-refractivity contribution in [3.8, 4) is 0 Å². The number of hydrogen-bond donors (Lipinski definition) is 1. The maximum atomic E-state index is 12.0. The van der Waals surface area contributed by atoms with Gasteiger partial charge < -0.3 is 9.88 Å². The summed E-state index contributed by atoms with van der Waals surface area (Å²) < 4.78 is 1.46. The number of carbonyl (C=O) groups excluding carboxylic acids is 1. The monoisotopic (exact) mass is 310 g/mol. The third-order valence-electron chi connectivity index (χ3n) is 2.78.